The van der Waals surface area contributed by atoms with Crippen LogP contribution in [0.3, 0.4) is 0 Å². The first-order valence-electron chi connectivity index (χ1n) is 8.89. The minimum Gasteiger partial charge on any atom is -0.261 e. The van der Waals surface area contributed by atoms with Crippen molar-refractivity contribution in [3.8, 4) is 11.3 Å². The van der Waals surface area contributed by atoms with Gasteiger partial charge in [0.15, 0.2) is 0 Å². The van der Waals surface area contributed by atoms with Crippen molar-refractivity contribution in [3.63, 3.8) is 0 Å². The molecule has 0 spiro atoms. The number of aryl methyl sites for hydroxylation is 2. The van der Waals surface area contributed by atoms with Gasteiger partial charge >= 0.3 is 11.8 Å². The van der Waals surface area contributed by atoms with Gasteiger partial charge < -0.3 is 0 Å². The van der Waals surface area contributed by atoms with Crippen molar-refractivity contribution in [2.45, 2.75) is 47.0 Å². The fourth-order valence-corrected chi connectivity index (χ4v) is 2.66. The predicted octanol–water partition coefficient (Wildman–Crippen LogP) is 3.70. The van der Waals surface area contributed by atoms with Crippen LogP contribution in [0.4, 0.5) is 0 Å². The van der Waals surface area contributed by atoms with Gasteiger partial charge in [-0.15, -0.1) is 0 Å². The number of carbonyl (C=O) groups excluding carboxylic acids is 2. The van der Waals surface area contributed by atoms with Crippen LogP contribution >= 0.6 is 0 Å². The number of hydrogen-bond acceptors (Lipinski definition) is 4. The van der Waals surface area contributed by atoms with E-state index in [4.69, 9.17) is 0 Å². The van der Waals surface area contributed by atoms with Gasteiger partial charge in [-0.05, 0) is 32.8 Å². The SMILES string of the molecule is CCCC(C)=NN(C)C(=O)C(=O)n1nc(-c2ccc(C)cc2)cc1CC. The first-order valence-corrected chi connectivity index (χ1v) is 8.89. The maximum absolute atomic E-state index is 12.6. The lowest BCUT2D eigenvalue weighted by atomic mass is 10.1. The molecule has 1 aromatic carbocycles. The van der Waals surface area contributed by atoms with Gasteiger partial charge in [-0.1, -0.05) is 50.1 Å². The number of amides is 1. The molecular formula is C20H26N4O2. The van der Waals surface area contributed by atoms with Crippen molar-refractivity contribution < 1.29 is 9.59 Å². The third kappa shape index (κ3) is 4.45. The molecule has 0 N–H and O–H groups in total. The summed E-state index contributed by atoms with van der Waals surface area (Å²) in [5.74, 6) is -1.40. The lowest BCUT2D eigenvalue weighted by molar-refractivity contribution is -0.125. The summed E-state index contributed by atoms with van der Waals surface area (Å²) in [5, 5.41) is 9.65. The van der Waals surface area contributed by atoms with Crippen molar-refractivity contribution >= 4 is 17.5 Å². The van der Waals surface area contributed by atoms with E-state index in [-0.39, 0.29) is 0 Å². The van der Waals surface area contributed by atoms with E-state index in [0.717, 1.165) is 34.7 Å². The fourth-order valence-electron chi connectivity index (χ4n) is 2.66. The van der Waals surface area contributed by atoms with Crippen molar-refractivity contribution in [2.75, 3.05) is 7.05 Å². The maximum Gasteiger partial charge on any atom is 0.338 e. The Kier molecular flexibility index (Phi) is 6.44. The van der Waals surface area contributed by atoms with Crippen LogP contribution in [0, 0.1) is 6.92 Å². The molecule has 1 aromatic heterocycles. The van der Waals surface area contributed by atoms with E-state index in [1.807, 2.05) is 58.0 Å². The highest BCUT2D eigenvalue weighted by Crippen LogP contribution is 2.20. The first-order chi connectivity index (χ1) is 12.4. The molecule has 0 aliphatic rings. The highest BCUT2D eigenvalue weighted by atomic mass is 16.2. The van der Waals surface area contributed by atoms with Crippen LogP contribution in [0.25, 0.3) is 11.3 Å². The molecule has 2 aromatic rings. The smallest absolute Gasteiger partial charge is 0.261 e. The molecule has 0 bridgehead atoms. The minimum absolute atomic E-state index is 0.597. The van der Waals surface area contributed by atoms with Crippen molar-refractivity contribution in [1.82, 2.24) is 14.8 Å². The fraction of sp³-hybridized carbons (Fsp3) is 0.400. The van der Waals surface area contributed by atoms with Gasteiger partial charge in [-0.3, -0.25) is 9.59 Å². The average Bonchev–Trinajstić information content (AvgIpc) is 3.05. The zero-order valence-electron chi connectivity index (χ0n) is 16.1. The first kappa shape index (κ1) is 19.6. The summed E-state index contributed by atoms with van der Waals surface area (Å²) >= 11 is 0. The standard InChI is InChI=1S/C20H26N4O2/c1-6-8-15(4)21-23(5)19(25)20(26)24-17(7-2)13-18(22-24)16-11-9-14(3)10-12-16/h9-13H,6-8H2,1-5H3. The third-order valence-electron chi connectivity index (χ3n) is 4.09. The van der Waals surface area contributed by atoms with Crippen LogP contribution in [0.5, 0.6) is 0 Å². The number of hydrazone groups is 1. The van der Waals surface area contributed by atoms with Crippen LogP contribution in [0.15, 0.2) is 35.4 Å². The number of likely N-dealkylation sites (N-methyl/N-ethyl adjacent to an activating group) is 1. The average molecular weight is 354 g/mol. The van der Waals surface area contributed by atoms with Crippen LogP contribution in [-0.2, 0) is 11.2 Å². The molecule has 2 rings (SSSR count). The highest BCUT2D eigenvalue weighted by molar-refractivity contribution is 6.35. The van der Waals surface area contributed by atoms with Crippen molar-refractivity contribution in [1.29, 1.82) is 0 Å². The van der Waals surface area contributed by atoms with Crippen LogP contribution in [0.2, 0.25) is 0 Å². The molecule has 0 aliphatic carbocycles. The summed E-state index contributed by atoms with van der Waals surface area (Å²) in [6.07, 6.45) is 2.31. The maximum atomic E-state index is 12.6. The molecule has 6 heteroatoms. The van der Waals surface area contributed by atoms with Crippen LogP contribution < -0.4 is 0 Å². The summed E-state index contributed by atoms with van der Waals surface area (Å²) in [7, 11) is 1.50. The molecule has 138 valence electrons. The molecule has 0 fully saturated rings. The van der Waals surface area contributed by atoms with Gasteiger partial charge in [-0.2, -0.15) is 14.9 Å². The molecule has 1 amide bonds. The number of carbonyl (C=O) groups is 2. The predicted molar refractivity (Wildman–Crippen MR) is 103 cm³/mol. The van der Waals surface area contributed by atoms with Gasteiger partial charge in [0.05, 0.1) is 5.69 Å². The zero-order chi connectivity index (χ0) is 19.3. The number of rotatable bonds is 5. The summed E-state index contributed by atoms with van der Waals surface area (Å²) < 4.78 is 1.19. The summed E-state index contributed by atoms with van der Waals surface area (Å²) in [4.78, 5) is 25.1. The largest absolute Gasteiger partial charge is 0.338 e. The molecule has 26 heavy (non-hydrogen) atoms. The second kappa shape index (κ2) is 8.56. The topological polar surface area (TPSA) is 67.6 Å². The number of benzene rings is 1. The lowest BCUT2D eigenvalue weighted by Crippen LogP contribution is -2.35. The number of aromatic nitrogens is 2. The van der Waals surface area contributed by atoms with E-state index in [0.29, 0.717) is 17.8 Å². The van der Waals surface area contributed by atoms with Crippen molar-refractivity contribution in [2.24, 2.45) is 5.10 Å². The molecule has 1 heterocycles. The van der Waals surface area contributed by atoms with E-state index >= 15 is 0 Å². The van der Waals surface area contributed by atoms with E-state index in [2.05, 4.69) is 10.2 Å². The van der Waals surface area contributed by atoms with E-state index in [9.17, 15) is 9.59 Å². The summed E-state index contributed by atoms with van der Waals surface area (Å²) in [6, 6.07) is 9.75. The molecule has 0 aliphatic heterocycles. The van der Waals surface area contributed by atoms with Gasteiger partial charge in [0.25, 0.3) is 0 Å². The monoisotopic (exact) mass is 354 g/mol. The van der Waals surface area contributed by atoms with Crippen molar-refractivity contribution in [3.05, 3.63) is 41.6 Å². The Morgan fingerprint density at radius 3 is 2.42 bits per heavy atom. The zero-order valence-corrected chi connectivity index (χ0v) is 16.1. The van der Waals surface area contributed by atoms with Gasteiger partial charge in [0.1, 0.15) is 0 Å². The Hall–Kier alpha value is -2.76. The summed E-state index contributed by atoms with van der Waals surface area (Å²) in [5.41, 5.74) is 4.25. The second-order valence-electron chi connectivity index (χ2n) is 6.37. The third-order valence-corrected chi connectivity index (χ3v) is 4.09. The number of hydrogen-bond donors (Lipinski definition) is 0. The molecule has 0 radical (unpaired) electrons. The Morgan fingerprint density at radius 2 is 1.85 bits per heavy atom. The Labute approximate surface area is 154 Å². The van der Waals surface area contributed by atoms with E-state index in [1.54, 1.807) is 0 Å². The quantitative estimate of drug-likeness (QED) is 0.467. The molecule has 6 nitrogen and oxygen atoms in total. The second-order valence-corrected chi connectivity index (χ2v) is 6.37. The molecule has 0 atom stereocenters. The van der Waals surface area contributed by atoms with Gasteiger partial charge in [0.2, 0.25) is 0 Å². The molecule has 0 unspecified atom stereocenters. The Balaban J connectivity index is 2.29. The Morgan fingerprint density at radius 1 is 1.19 bits per heavy atom. The van der Waals surface area contributed by atoms with E-state index in [1.165, 1.54) is 11.7 Å². The number of nitrogens with zero attached hydrogens (tertiary/aromatic N) is 4. The minimum atomic E-state index is -0.700. The van der Waals surface area contributed by atoms with Crippen LogP contribution in [-0.4, -0.2) is 39.4 Å². The molecular weight excluding hydrogens is 328 g/mol. The summed E-state index contributed by atoms with van der Waals surface area (Å²) in [6.45, 7) is 7.82. The molecule has 0 saturated heterocycles. The van der Waals surface area contributed by atoms with Crippen LogP contribution in [0.1, 0.15) is 49.7 Å². The van der Waals surface area contributed by atoms with E-state index < -0.39 is 11.8 Å². The Bertz CT molecular complexity index is 819. The molecule has 0 saturated carbocycles. The normalized spacial score (nSPS) is 11.5. The van der Waals surface area contributed by atoms with Gasteiger partial charge in [0, 0.05) is 24.0 Å². The lowest BCUT2D eigenvalue weighted by Gasteiger charge is -2.12. The van der Waals surface area contributed by atoms with Gasteiger partial charge in [-0.25, -0.2) is 5.01 Å². The highest BCUT2D eigenvalue weighted by Gasteiger charge is 2.24.